The number of anilines is 1. The van der Waals surface area contributed by atoms with E-state index in [2.05, 4.69) is 20.6 Å². The van der Waals surface area contributed by atoms with E-state index >= 15 is 0 Å². The summed E-state index contributed by atoms with van der Waals surface area (Å²) in [5.41, 5.74) is 2.71. The van der Waals surface area contributed by atoms with Crippen LogP contribution in [0, 0.1) is 13.8 Å². The minimum atomic E-state index is -0.0790. The fraction of sp³-hybridized carbons (Fsp3) is 0.143. The number of aromatic nitrogens is 4. The van der Waals surface area contributed by atoms with Crippen molar-refractivity contribution in [1.29, 1.82) is 0 Å². The standard InChI is InChI=1S/C21H19N5OS/c1-14-12-15(2)26(25-14)20-17-10-6-7-11-18(17)21(24-23-20)28-13-19(27)22-16-8-4-3-5-9-16/h3-12H,13H2,1-2H3,(H,22,27). The quantitative estimate of drug-likeness (QED) is 0.519. The Morgan fingerprint density at radius 2 is 1.71 bits per heavy atom. The molecule has 0 bridgehead atoms. The number of aryl methyl sites for hydroxylation is 2. The van der Waals surface area contributed by atoms with Crippen molar-refractivity contribution in [3.05, 3.63) is 72.1 Å². The van der Waals surface area contributed by atoms with Gasteiger partial charge >= 0.3 is 0 Å². The monoisotopic (exact) mass is 389 g/mol. The zero-order valence-electron chi connectivity index (χ0n) is 15.6. The van der Waals surface area contributed by atoms with Gasteiger partial charge in [0.15, 0.2) is 5.82 Å². The molecule has 0 aliphatic rings. The smallest absolute Gasteiger partial charge is 0.234 e. The fourth-order valence-electron chi connectivity index (χ4n) is 3.02. The highest BCUT2D eigenvalue weighted by Crippen LogP contribution is 2.29. The highest BCUT2D eigenvalue weighted by Gasteiger charge is 2.14. The number of thioether (sulfide) groups is 1. The number of amides is 1. The zero-order chi connectivity index (χ0) is 19.5. The molecule has 0 aliphatic heterocycles. The highest BCUT2D eigenvalue weighted by molar-refractivity contribution is 8.00. The molecule has 0 aliphatic carbocycles. The van der Waals surface area contributed by atoms with Gasteiger partial charge in [-0.15, -0.1) is 10.2 Å². The van der Waals surface area contributed by atoms with Gasteiger partial charge in [0.05, 0.1) is 11.4 Å². The van der Waals surface area contributed by atoms with Crippen LogP contribution in [-0.2, 0) is 4.79 Å². The molecule has 1 amide bonds. The molecule has 0 saturated carbocycles. The lowest BCUT2D eigenvalue weighted by atomic mass is 10.2. The Balaban J connectivity index is 1.60. The van der Waals surface area contributed by atoms with Crippen molar-refractivity contribution in [2.45, 2.75) is 18.9 Å². The first-order valence-electron chi connectivity index (χ1n) is 8.88. The van der Waals surface area contributed by atoms with Gasteiger partial charge in [-0.2, -0.15) is 5.10 Å². The molecule has 7 heteroatoms. The van der Waals surface area contributed by atoms with Crippen LogP contribution in [0.1, 0.15) is 11.4 Å². The lowest BCUT2D eigenvalue weighted by molar-refractivity contribution is -0.113. The largest absolute Gasteiger partial charge is 0.325 e. The van der Waals surface area contributed by atoms with E-state index in [1.807, 2.05) is 74.5 Å². The van der Waals surface area contributed by atoms with Gasteiger partial charge in [-0.25, -0.2) is 4.68 Å². The molecule has 0 unspecified atom stereocenters. The summed E-state index contributed by atoms with van der Waals surface area (Å²) in [4.78, 5) is 12.3. The Kier molecular flexibility index (Phi) is 5.08. The first kappa shape index (κ1) is 18.2. The van der Waals surface area contributed by atoms with Crippen molar-refractivity contribution >= 4 is 34.1 Å². The van der Waals surface area contributed by atoms with Crippen molar-refractivity contribution < 1.29 is 4.79 Å². The van der Waals surface area contributed by atoms with Crippen molar-refractivity contribution in [1.82, 2.24) is 20.0 Å². The summed E-state index contributed by atoms with van der Waals surface area (Å²) in [5.74, 6) is 0.872. The molecule has 1 N–H and O–H groups in total. The average molecular weight is 389 g/mol. The van der Waals surface area contributed by atoms with E-state index < -0.39 is 0 Å². The van der Waals surface area contributed by atoms with Gasteiger partial charge in [-0.3, -0.25) is 4.79 Å². The maximum atomic E-state index is 12.3. The summed E-state index contributed by atoms with van der Waals surface area (Å²) in [6.07, 6.45) is 0. The Morgan fingerprint density at radius 3 is 2.43 bits per heavy atom. The Labute approximate surface area is 167 Å². The summed E-state index contributed by atoms with van der Waals surface area (Å²) >= 11 is 1.38. The van der Waals surface area contributed by atoms with Crippen LogP contribution in [0.2, 0.25) is 0 Å². The van der Waals surface area contributed by atoms with Gasteiger partial charge in [-0.1, -0.05) is 54.2 Å². The minimum Gasteiger partial charge on any atom is -0.325 e. The van der Waals surface area contributed by atoms with E-state index in [-0.39, 0.29) is 11.7 Å². The van der Waals surface area contributed by atoms with E-state index in [0.29, 0.717) is 5.82 Å². The predicted molar refractivity (Wildman–Crippen MR) is 112 cm³/mol. The normalized spacial score (nSPS) is 10.9. The lowest BCUT2D eigenvalue weighted by Crippen LogP contribution is -2.14. The van der Waals surface area contributed by atoms with E-state index in [0.717, 1.165) is 32.9 Å². The summed E-state index contributed by atoms with van der Waals surface area (Å²) < 4.78 is 1.81. The molecule has 2 heterocycles. The molecular formula is C21H19N5OS. The predicted octanol–water partition coefficient (Wildman–Crippen LogP) is 4.16. The molecule has 0 fully saturated rings. The molecule has 6 nitrogen and oxygen atoms in total. The van der Waals surface area contributed by atoms with Crippen LogP contribution in [0.5, 0.6) is 0 Å². The molecule has 0 atom stereocenters. The second kappa shape index (κ2) is 7.82. The van der Waals surface area contributed by atoms with Gasteiger partial charge < -0.3 is 5.32 Å². The highest BCUT2D eigenvalue weighted by atomic mass is 32.2. The molecule has 0 radical (unpaired) electrons. The van der Waals surface area contributed by atoms with E-state index in [1.54, 1.807) is 4.68 Å². The molecule has 0 spiro atoms. The lowest BCUT2D eigenvalue weighted by Gasteiger charge is -2.10. The Hall–Kier alpha value is -3.19. The molecule has 4 rings (SSSR count). The van der Waals surface area contributed by atoms with Crippen molar-refractivity contribution in [3.8, 4) is 5.82 Å². The summed E-state index contributed by atoms with van der Waals surface area (Å²) in [7, 11) is 0. The van der Waals surface area contributed by atoms with Crippen molar-refractivity contribution in [2.24, 2.45) is 0 Å². The van der Waals surface area contributed by atoms with Crippen LogP contribution in [-0.4, -0.2) is 31.6 Å². The van der Waals surface area contributed by atoms with E-state index in [1.165, 1.54) is 11.8 Å². The maximum Gasteiger partial charge on any atom is 0.234 e. The van der Waals surface area contributed by atoms with Gasteiger partial charge in [0.1, 0.15) is 5.03 Å². The number of hydrogen-bond acceptors (Lipinski definition) is 5. The number of carbonyl (C=O) groups is 1. The third-order valence-corrected chi connectivity index (χ3v) is 5.22. The van der Waals surface area contributed by atoms with Crippen LogP contribution in [0.25, 0.3) is 16.6 Å². The second-order valence-corrected chi connectivity index (χ2v) is 7.38. The number of para-hydroxylation sites is 1. The third kappa shape index (κ3) is 3.75. The van der Waals surface area contributed by atoms with E-state index in [4.69, 9.17) is 0 Å². The molecule has 2 aromatic heterocycles. The van der Waals surface area contributed by atoms with Gasteiger partial charge in [0.2, 0.25) is 5.91 Å². The summed E-state index contributed by atoms with van der Waals surface area (Å²) in [6, 6.07) is 19.4. The molecule has 4 aromatic rings. The van der Waals surface area contributed by atoms with Gasteiger partial charge in [0, 0.05) is 22.2 Å². The number of rotatable bonds is 5. The summed E-state index contributed by atoms with van der Waals surface area (Å²) in [6.45, 7) is 3.95. The topological polar surface area (TPSA) is 72.7 Å². The van der Waals surface area contributed by atoms with Gasteiger partial charge in [-0.05, 0) is 32.0 Å². The Morgan fingerprint density at radius 1 is 1.00 bits per heavy atom. The number of nitrogens with one attached hydrogen (secondary N) is 1. The Bertz CT molecular complexity index is 1140. The van der Waals surface area contributed by atoms with E-state index in [9.17, 15) is 4.79 Å². The van der Waals surface area contributed by atoms with Crippen LogP contribution in [0.4, 0.5) is 5.69 Å². The number of hydrogen-bond donors (Lipinski definition) is 1. The molecular weight excluding hydrogens is 370 g/mol. The SMILES string of the molecule is Cc1cc(C)n(-c2nnc(SCC(=O)Nc3ccccc3)c3ccccc23)n1. The number of benzene rings is 2. The molecule has 2 aromatic carbocycles. The van der Waals surface area contributed by atoms with Crippen molar-refractivity contribution in [3.63, 3.8) is 0 Å². The first-order chi connectivity index (χ1) is 13.6. The maximum absolute atomic E-state index is 12.3. The first-order valence-corrected chi connectivity index (χ1v) is 9.87. The minimum absolute atomic E-state index is 0.0790. The molecule has 28 heavy (non-hydrogen) atoms. The van der Waals surface area contributed by atoms with Gasteiger partial charge in [0.25, 0.3) is 0 Å². The number of nitrogens with zero attached hydrogens (tertiary/aromatic N) is 4. The van der Waals surface area contributed by atoms with Crippen LogP contribution in [0.3, 0.4) is 0 Å². The number of carbonyl (C=O) groups excluding carboxylic acids is 1. The summed E-state index contributed by atoms with van der Waals surface area (Å²) in [5, 5.41) is 18.8. The van der Waals surface area contributed by atoms with Crippen LogP contribution < -0.4 is 5.32 Å². The van der Waals surface area contributed by atoms with Crippen LogP contribution >= 0.6 is 11.8 Å². The molecule has 140 valence electrons. The molecule has 0 saturated heterocycles. The number of fused-ring (bicyclic) bond motifs is 1. The third-order valence-electron chi connectivity index (χ3n) is 4.24. The second-order valence-electron chi connectivity index (χ2n) is 6.42. The zero-order valence-corrected chi connectivity index (χ0v) is 16.4. The fourth-order valence-corrected chi connectivity index (χ4v) is 3.80. The van der Waals surface area contributed by atoms with Crippen molar-refractivity contribution in [2.75, 3.05) is 11.1 Å². The van der Waals surface area contributed by atoms with Crippen LogP contribution in [0.15, 0.2) is 65.7 Å². The average Bonchev–Trinajstić information content (AvgIpc) is 3.04.